The molecule has 1 aromatic carbocycles. The molecule has 1 aromatic rings. The van der Waals surface area contributed by atoms with Crippen molar-refractivity contribution < 1.29 is 4.92 Å². The van der Waals surface area contributed by atoms with Crippen molar-refractivity contribution in [2.24, 2.45) is 0 Å². The fourth-order valence-corrected chi connectivity index (χ4v) is 2.18. The van der Waals surface area contributed by atoms with Crippen molar-refractivity contribution in [1.29, 1.82) is 0 Å². The van der Waals surface area contributed by atoms with Crippen LogP contribution in [0.1, 0.15) is 38.3 Å². The van der Waals surface area contributed by atoms with Gasteiger partial charge < -0.3 is 10.2 Å². The van der Waals surface area contributed by atoms with Crippen molar-refractivity contribution in [2.75, 3.05) is 20.6 Å². The minimum Gasteiger partial charge on any atom is -0.309 e. The number of hydrogen-bond acceptors (Lipinski definition) is 4. The van der Waals surface area contributed by atoms with Crippen LogP contribution in [-0.4, -0.2) is 36.5 Å². The second kappa shape index (κ2) is 7.97. The summed E-state index contributed by atoms with van der Waals surface area (Å²) in [5, 5.41) is 14.4. The van der Waals surface area contributed by atoms with E-state index in [9.17, 15) is 10.1 Å². The van der Waals surface area contributed by atoms with E-state index in [-0.39, 0.29) is 16.7 Å². The summed E-state index contributed by atoms with van der Waals surface area (Å²) < 4.78 is 0. The molecule has 112 valence electrons. The lowest BCUT2D eigenvalue weighted by Gasteiger charge is -2.23. The fourth-order valence-electron chi connectivity index (χ4n) is 2.18. The third-order valence-corrected chi connectivity index (χ3v) is 3.39. The molecule has 0 saturated heterocycles. The van der Waals surface area contributed by atoms with Gasteiger partial charge in [0, 0.05) is 24.2 Å². The van der Waals surface area contributed by atoms with Gasteiger partial charge in [-0.25, -0.2) is 0 Å². The SMILES string of the molecule is CCC(NC(C)CCN(C)C)c1cccc([N+](=O)[O-])c1. The Morgan fingerprint density at radius 2 is 2.10 bits per heavy atom. The number of non-ortho nitro benzene ring substituents is 1. The van der Waals surface area contributed by atoms with Gasteiger partial charge in [-0.3, -0.25) is 10.1 Å². The van der Waals surface area contributed by atoms with Gasteiger partial charge in [-0.2, -0.15) is 0 Å². The lowest BCUT2D eigenvalue weighted by Crippen LogP contribution is -2.32. The molecule has 0 radical (unpaired) electrons. The molecule has 1 N–H and O–H groups in total. The summed E-state index contributed by atoms with van der Waals surface area (Å²) in [5.74, 6) is 0. The zero-order valence-corrected chi connectivity index (χ0v) is 12.8. The highest BCUT2D eigenvalue weighted by Gasteiger charge is 2.15. The number of nitro groups is 1. The maximum absolute atomic E-state index is 10.8. The molecule has 2 atom stereocenters. The van der Waals surface area contributed by atoms with Gasteiger partial charge in [0.15, 0.2) is 0 Å². The molecule has 0 aromatic heterocycles. The molecular weight excluding hydrogens is 254 g/mol. The molecule has 0 aliphatic heterocycles. The molecule has 0 bridgehead atoms. The molecule has 1 rings (SSSR count). The minimum absolute atomic E-state index is 0.156. The second-order valence-electron chi connectivity index (χ2n) is 5.47. The maximum Gasteiger partial charge on any atom is 0.269 e. The molecule has 0 amide bonds. The van der Waals surface area contributed by atoms with E-state index < -0.39 is 0 Å². The minimum atomic E-state index is -0.342. The quantitative estimate of drug-likeness (QED) is 0.587. The van der Waals surface area contributed by atoms with Crippen LogP contribution in [0.3, 0.4) is 0 Å². The topological polar surface area (TPSA) is 58.4 Å². The van der Waals surface area contributed by atoms with Gasteiger partial charge in [0.2, 0.25) is 0 Å². The fraction of sp³-hybridized carbons (Fsp3) is 0.600. The van der Waals surface area contributed by atoms with E-state index in [0.717, 1.165) is 24.9 Å². The Labute approximate surface area is 121 Å². The van der Waals surface area contributed by atoms with Crippen LogP contribution >= 0.6 is 0 Å². The number of nitrogens with zero attached hydrogens (tertiary/aromatic N) is 2. The van der Waals surface area contributed by atoms with Crippen molar-refractivity contribution in [3.05, 3.63) is 39.9 Å². The Hall–Kier alpha value is -1.46. The van der Waals surface area contributed by atoms with Gasteiger partial charge in [-0.1, -0.05) is 19.1 Å². The average molecular weight is 279 g/mol. The van der Waals surface area contributed by atoms with E-state index in [4.69, 9.17) is 0 Å². The van der Waals surface area contributed by atoms with Crippen LogP contribution in [0.5, 0.6) is 0 Å². The molecule has 0 fully saturated rings. The zero-order valence-electron chi connectivity index (χ0n) is 12.8. The summed E-state index contributed by atoms with van der Waals surface area (Å²) in [4.78, 5) is 12.7. The Kier molecular flexibility index (Phi) is 6.61. The first-order chi connectivity index (χ1) is 9.43. The van der Waals surface area contributed by atoms with Crippen LogP contribution in [0.25, 0.3) is 0 Å². The third-order valence-electron chi connectivity index (χ3n) is 3.39. The molecule has 0 spiro atoms. The molecule has 0 aliphatic carbocycles. The second-order valence-corrected chi connectivity index (χ2v) is 5.47. The molecule has 0 saturated carbocycles. The highest BCUT2D eigenvalue weighted by molar-refractivity contribution is 5.35. The number of nitro benzene ring substituents is 1. The summed E-state index contributed by atoms with van der Waals surface area (Å²) in [6.45, 7) is 5.28. The summed E-state index contributed by atoms with van der Waals surface area (Å²) in [6, 6.07) is 7.44. The van der Waals surface area contributed by atoms with Crippen molar-refractivity contribution >= 4 is 5.69 Å². The van der Waals surface area contributed by atoms with Gasteiger partial charge in [0.05, 0.1) is 4.92 Å². The normalized spacial score (nSPS) is 14.2. The van der Waals surface area contributed by atoms with Gasteiger partial charge in [-0.15, -0.1) is 0 Å². The van der Waals surface area contributed by atoms with Crippen LogP contribution < -0.4 is 5.32 Å². The predicted molar refractivity (Wildman–Crippen MR) is 81.9 cm³/mol. The van der Waals surface area contributed by atoms with Crippen molar-refractivity contribution in [3.63, 3.8) is 0 Å². The van der Waals surface area contributed by atoms with E-state index in [1.807, 2.05) is 6.07 Å². The standard InChI is InChI=1S/C15H25N3O2/c1-5-15(16-12(2)9-10-17(3)4)13-7-6-8-14(11-13)18(19)20/h6-8,11-12,15-16H,5,9-10H2,1-4H3. The molecule has 0 aliphatic rings. The van der Waals surface area contributed by atoms with Crippen LogP contribution in [0.2, 0.25) is 0 Å². The monoisotopic (exact) mass is 279 g/mol. The Morgan fingerprint density at radius 1 is 1.40 bits per heavy atom. The number of rotatable bonds is 8. The first kappa shape index (κ1) is 16.6. The van der Waals surface area contributed by atoms with Gasteiger partial charge in [0.1, 0.15) is 0 Å². The maximum atomic E-state index is 10.8. The van der Waals surface area contributed by atoms with Crippen molar-refractivity contribution in [2.45, 2.75) is 38.8 Å². The summed E-state index contributed by atoms with van der Waals surface area (Å²) in [5.41, 5.74) is 1.14. The number of nitrogens with one attached hydrogen (secondary N) is 1. The first-order valence-corrected chi connectivity index (χ1v) is 7.09. The summed E-state index contributed by atoms with van der Waals surface area (Å²) in [7, 11) is 4.12. The molecular formula is C15H25N3O2. The zero-order chi connectivity index (χ0) is 15.1. The Morgan fingerprint density at radius 3 is 2.65 bits per heavy atom. The molecule has 5 nitrogen and oxygen atoms in total. The molecule has 0 heterocycles. The Bertz CT molecular complexity index is 435. The van der Waals surface area contributed by atoms with E-state index in [1.165, 1.54) is 6.07 Å². The van der Waals surface area contributed by atoms with Crippen LogP contribution in [0.4, 0.5) is 5.69 Å². The van der Waals surface area contributed by atoms with Gasteiger partial charge in [-0.05, 0) is 46.0 Å². The van der Waals surface area contributed by atoms with Crippen LogP contribution in [0.15, 0.2) is 24.3 Å². The van der Waals surface area contributed by atoms with Crippen LogP contribution in [-0.2, 0) is 0 Å². The first-order valence-electron chi connectivity index (χ1n) is 7.09. The number of benzene rings is 1. The molecule has 5 heteroatoms. The van der Waals surface area contributed by atoms with E-state index in [2.05, 4.69) is 38.2 Å². The molecule has 20 heavy (non-hydrogen) atoms. The third kappa shape index (κ3) is 5.27. The van der Waals surface area contributed by atoms with Gasteiger partial charge >= 0.3 is 0 Å². The van der Waals surface area contributed by atoms with Crippen molar-refractivity contribution in [1.82, 2.24) is 10.2 Å². The van der Waals surface area contributed by atoms with E-state index in [0.29, 0.717) is 6.04 Å². The lowest BCUT2D eigenvalue weighted by molar-refractivity contribution is -0.384. The largest absolute Gasteiger partial charge is 0.309 e. The predicted octanol–water partition coefficient (Wildman–Crippen LogP) is 2.98. The lowest BCUT2D eigenvalue weighted by atomic mass is 10.0. The Balaban J connectivity index is 2.70. The molecule has 2 unspecified atom stereocenters. The smallest absolute Gasteiger partial charge is 0.269 e. The van der Waals surface area contributed by atoms with Crippen molar-refractivity contribution in [3.8, 4) is 0 Å². The highest BCUT2D eigenvalue weighted by Crippen LogP contribution is 2.22. The van der Waals surface area contributed by atoms with Crippen LogP contribution in [0, 0.1) is 10.1 Å². The van der Waals surface area contributed by atoms with Gasteiger partial charge in [0.25, 0.3) is 5.69 Å². The summed E-state index contributed by atoms with van der Waals surface area (Å²) >= 11 is 0. The average Bonchev–Trinajstić information content (AvgIpc) is 2.42. The number of hydrogen-bond donors (Lipinski definition) is 1. The van der Waals surface area contributed by atoms with E-state index in [1.54, 1.807) is 12.1 Å². The van der Waals surface area contributed by atoms with E-state index >= 15 is 0 Å². The highest BCUT2D eigenvalue weighted by atomic mass is 16.6. The summed E-state index contributed by atoms with van der Waals surface area (Å²) in [6.07, 6.45) is 1.96.